The van der Waals surface area contributed by atoms with Crippen molar-refractivity contribution < 1.29 is 9.53 Å². The average Bonchev–Trinajstić information content (AvgIpc) is 2.90. The third-order valence-electron chi connectivity index (χ3n) is 2.37. The number of esters is 1. The lowest BCUT2D eigenvalue weighted by Crippen LogP contribution is -2.19. The molecule has 16 heavy (non-hydrogen) atoms. The minimum atomic E-state index is -0.486. The summed E-state index contributed by atoms with van der Waals surface area (Å²) in [6, 6.07) is 7.26. The first-order valence-corrected chi connectivity index (χ1v) is 4.76. The molecular weight excluding hydrogens is 208 g/mol. The number of hydrogen-bond donors (Lipinski definition) is 1. The lowest BCUT2D eigenvalue weighted by molar-refractivity contribution is 0.0414. The van der Waals surface area contributed by atoms with Crippen LogP contribution in [0.4, 0.5) is 0 Å². The normalized spacial score (nSPS) is 18.0. The number of carbonyl (C=O) groups excluding carboxylic acids is 1. The van der Waals surface area contributed by atoms with Crippen LogP contribution in [0.15, 0.2) is 36.9 Å². The van der Waals surface area contributed by atoms with Crippen LogP contribution in [0.1, 0.15) is 22.1 Å². The molecule has 0 unspecified atom stereocenters. The van der Waals surface area contributed by atoms with E-state index in [1.54, 1.807) is 16.8 Å². The second-order valence-corrected chi connectivity index (χ2v) is 3.37. The first kappa shape index (κ1) is 8.90. The summed E-state index contributed by atoms with van der Waals surface area (Å²) in [7, 11) is 0. The van der Waals surface area contributed by atoms with Crippen molar-refractivity contribution in [3.63, 3.8) is 0 Å². The molecule has 1 aliphatic heterocycles. The monoisotopic (exact) mass is 216 g/mol. The SMILES string of the molecule is O=C1O[C@H](Nn2cnnc2)c2ccccc21. The van der Waals surface area contributed by atoms with Gasteiger partial charge in [0.25, 0.3) is 0 Å². The van der Waals surface area contributed by atoms with Gasteiger partial charge in [0, 0.05) is 5.56 Å². The second kappa shape index (κ2) is 3.34. The van der Waals surface area contributed by atoms with Gasteiger partial charge in [-0.1, -0.05) is 18.2 Å². The van der Waals surface area contributed by atoms with Crippen LogP contribution in [-0.2, 0) is 4.74 Å². The van der Waals surface area contributed by atoms with Gasteiger partial charge in [-0.3, -0.25) is 5.43 Å². The van der Waals surface area contributed by atoms with Crippen molar-refractivity contribution in [2.24, 2.45) is 0 Å². The van der Waals surface area contributed by atoms with Crippen molar-refractivity contribution in [2.45, 2.75) is 6.23 Å². The maximum Gasteiger partial charge on any atom is 0.340 e. The van der Waals surface area contributed by atoms with Gasteiger partial charge in [-0.2, -0.15) is 0 Å². The number of carbonyl (C=O) groups is 1. The van der Waals surface area contributed by atoms with Gasteiger partial charge in [0.2, 0.25) is 6.23 Å². The fourth-order valence-corrected chi connectivity index (χ4v) is 1.64. The minimum absolute atomic E-state index is 0.318. The number of fused-ring (bicyclic) bond motifs is 1. The number of rotatable bonds is 2. The number of nitrogens with one attached hydrogen (secondary N) is 1. The summed E-state index contributed by atoms with van der Waals surface area (Å²) in [6.45, 7) is 0. The van der Waals surface area contributed by atoms with E-state index in [0.29, 0.717) is 5.56 Å². The molecule has 1 aromatic carbocycles. The second-order valence-electron chi connectivity index (χ2n) is 3.37. The summed E-state index contributed by atoms with van der Waals surface area (Å²) in [4.78, 5) is 11.5. The van der Waals surface area contributed by atoms with Gasteiger partial charge in [-0.25, -0.2) is 9.47 Å². The van der Waals surface area contributed by atoms with Crippen LogP contribution in [0.5, 0.6) is 0 Å². The van der Waals surface area contributed by atoms with E-state index in [0.717, 1.165) is 5.56 Å². The standard InChI is InChI=1S/C10H8N4O2/c15-10-8-4-2-1-3-7(8)9(16-10)13-14-5-11-12-6-14/h1-6,9,13H/t9-/m0/s1. The molecule has 6 heteroatoms. The highest BCUT2D eigenvalue weighted by Gasteiger charge is 2.30. The van der Waals surface area contributed by atoms with Crippen molar-refractivity contribution in [3.8, 4) is 0 Å². The van der Waals surface area contributed by atoms with Crippen LogP contribution in [0.3, 0.4) is 0 Å². The zero-order chi connectivity index (χ0) is 11.0. The average molecular weight is 216 g/mol. The Bertz CT molecular complexity index is 523. The number of aromatic nitrogens is 3. The topological polar surface area (TPSA) is 69.0 Å². The highest BCUT2D eigenvalue weighted by molar-refractivity contribution is 5.94. The molecule has 80 valence electrons. The van der Waals surface area contributed by atoms with Crippen molar-refractivity contribution in [3.05, 3.63) is 48.0 Å². The van der Waals surface area contributed by atoms with E-state index in [-0.39, 0.29) is 5.97 Å². The van der Waals surface area contributed by atoms with Crippen molar-refractivity contribution in [1.82, 2.24) is 14.9 Å². The fourth-order valence-electron chi connectivity index (χ4n) is 1.64. The van der Waals surface area contributed by atoms with Crippen LogP contribution in [0.2, 0.25) is 0 Å². The highest BCUT2D eigenvalue weighted by atomic mass is 16.6. The van der Waals surface area contributed by atoms with Gasteiger partial charge < -0.3 is 4.74 Å². The van der Waals surface area contributed by atoms with E-state index in [1.165, 1.54) is 12.7 Å². The number of cyclic esters (lactones) is 1. The summed E-state index contributed by atoms with van der Waals surface area (Å²) in [5, 5.41) is 7.30. The van der Waals surface area contributed by atoms with Gasteiger partial charge in [0.1, 0.15) is 12.7 Å². The molecule has 0 saturated heterocycles. The molecule has 1 N–H and O–H groups in total. The Morgan fingerprint density at radius 2 is 2.00 bits per heavy atom. The van der Waals surface area contributed by atoms with Crippen molar-refractivity contribution in [2.75, 3.05) is 5.43 Å². The largest absolute Gasteiger partial charge is 0.432 e. The number of nitrogens with zero attached hydrogens (tertiary/aromatic N) is 3. The Kier molecular flexibility index (Phi) is 1.86. The maximum atomic E-state index is 11.5. The molecule has 0 aliphatic carbocycles. The summed E-state index contributed by atoms with van der Waals surface area (Å²) < 4.78 is 6.72. The predicted molar refractivity (Wildman–Crippen MR) is 54.0 cm³/mol. The van der Waals surface area contributed by atoms with E-state index in [1.807, 2.05) is 12.1 Å². The molecule has 6 nitrogen and oxygen atoms in total. The zero-order valence-electron chi connectivity index (χ0n) is 8.20. The first-order chi connectivity index (χ1) is 7.84. The molecule has 2 heterocycles. The smallest absolute Gasteiger partial charge is 0.340 e. The minimum Gasteiger partial charge on any atom is -0.432 e. The molecule has 1 aromatic heterocycles. The summed E-state index contributed by atoms with van der Waals surface area (Å²) in [5.74, 6) is -0.318. The zero-order valence-corrected chi connectivity index (χ0v) is 8.20. The molecular formula is C10H8N4O2. The van der Waals surface area contributed by atoms with Gasteiger partial charge in [-0.15, -0.1) is 10.2 Å². The van der Waals surface area contributed by atoms with E-state index in [9.17, 15) is 4.79 Å². The van der Waals surface area contributed by atoms with E-state index < -0.39 is 6.23 Å². The number of benzene rings is 1. The van der Waals surface area contributed by atoms with Crippen LogP contribution in [0, 0.1) is 0 Å². The Morgan fingerprint density at radius 3 is 2.81 bits per heavy atom. The van der Waals surface area contributed by atoms with Crippen LogP contribution >= 0.6 is 0 Å². The third-order valence-corrected chi connectivity index (χ3v) is 2.37. The molecule has 0 amide bonds. The molecule has 0 radical (unpaired) electrons. The lowest BCUT2D eigenvalue weighted by atomic mass is 10.1. The molecule has 0 saturated carbocycles. The van der Waals surface area contributed by atoms with Crippen LogP contribution in [0.25, 0.3) is 0 Å². The summed E-state index contributed by atoms with van der Waals surface area (Å²) >= 11 is 0. The van der Waals surface area contributed by atoms with Crippen LogP contribution in [-0.4, -0.2) is 20.8 Å². The lowest BCUT2D eigenvalue weighted by Gasteiger charge is -2.13. The Balaban J connectivity index is 1.92. The first-order valence-electron chi connectivity index (χ1n) is 4.76. The van der Waals surface area contributed by atoms with Gasteiger partial charge in [-0.05, 0) is 6.07 Å². The fraction of sp³-hybridized carbons (Fsp3) is 0.100. The molecule has 0 bridgehead atoms. The summed E-state index contributed by atoms with van der Waals surface area (Å²) in [6.07, 6.45) is 2.50. The highest BCUT2D eigenvalue weighted by Crippen LogP contribution is 2.28. The third kappa shape index (κ3) is 1.31. The Labute approximate surface area is 90.8 Å². The molecule has 1 atom stereocenters. The van der Waals surface area contributed by atoms with Gasteiger partial charge in [0.15, 0.2) is 0 Å². The van der Waals surface area contributed by atoms with Crippen LogP contribution < -0.4 is 5.43 Å². The van der Waals surface area contributed by atoms with E-state index >= 15 is 0 Å². The summed E-state index contributed by atoms with van der Waals surface area (Å²) in [5.41, 5.74) is 4.37. The Morgan fingerprint density at radius 1 is 1.25 bits per heavy atom. The number of ether oxygens (including phenoxy) is 1. The Hall–Kier alpha value is -2.37. The molecule has 3 rings (SSSR count). The van der Waals surface area contributed by atoms with Gasteiger partial charge >= 0.3 is 5.97 Å². The maximum absolute atomic E-state index is 11.5. The molecule has 0 fully saturated rings. The predicted octanol–water partition coefficient (Wildman–Crippen LogP) is 0.691. The quantitative estimate of drug-likeness (QED) is 0.748. The van der Waals surface area contributed by atoms with Crippen molar-refractivity contribution in [1.29, 1.82) is 0 Å². The molecule has 2 aromatic rings. The van der Waals surface area contributed by atoms with E-state index in [2.05, 4.69) is 15.6 Å². The van der Waals surface area contributed by atoms with Crippen molar-refractivity contribution >= 4 is 5.97 Å². The molecule has 0 spiro atoms. The van der Waals surface area contributed by atoms with Gasteiger partial charge in [0.05, 0.1) is 5.56 Å². The molecule has 1 aliphatic rings. The van der Waals surface area contributed by atoms with E-state index in [4.69, 9.17) is 4.74 Å². The number of hydrogen-bond acceptors (Lipinski definition) is 5.